The molecule has 0 aliphatic heterocycles. The summed E-state index contributed by atoms with van der Waals surface area (Å²) in [5, 5.41) is 5.96. The minimum atomic E-state index is -0.445. The molecule has 1 fully saturated rings. The monoisotopic (exact) mass is 438 g/mol. The zero-order valence-electron chi connectivity index (χ0n) is 18.3. The number of fused-ring (bicyclic) bond motifs is 1. The van der Waals surface area contributed by atoms with Crippen molar-refractivity contribution in [2.45, 2.75) is 45.6 Å². The number of nitrogens with one attached hydrogen (secondary N) is 3. The smallest absolute Gasteiger partial charge is 0.337 e. The van der Waals surface area contributed by atoms with Crippen LogP contribution in [0.1, 0.15) is 54.9 Å². The summed E-state index contributed by atoms with van der Waals surface area (Å²) in [7, 11) is 1.32. The standard InChI is InChI=1S/C24H27FN4O3/c1-24(10-4-3-5-11-24)22(31)26-14-15-6-8-17(25)19(12-15)28-23-27-18-9-7-16(21(30)32-2)13-20(18)29-23/h6-9,12-13H,3-5,10-11,14H2,1-2H3,(H,26,31)(H2,27,28,29). The van der Waals surface area contributed by atoms with E-state index in [4.69, 9.17) is 4.74 Å². The molecule has 3 N–H and O–H groups in total. The van der Waals surface area contributed by atoms with Crippen LogP contribution in [-0.4, -0.2) is 29.0 Å². The lowest BCUT2D eigenvalue weighted by Crippen LogP contribution is -2.39. The van der Waals surface area contributed by atoms with Gasteiger partial charge in [-0.2, -0.15) is 0 Å². The number of hydrogen-bond donors (Lipinski definition) is 3. The van der Waals surface area contributed by atoms with Gasteiger partial charge in [-0.15, -0.1) is 0 Å². The summed E-state index contributed by atoms with van der Waals surface area (Å²) in [6.07, 6.45) is 5.14. The van der Waals surface area contributed by atoms with Gasteiger partial charge in [0.05, 0.1) is 29.4 Å². The van der Waals surface area contributed by atoms with Gasteiger partial charge < -0.3 is 20.4 Å². The molecule has 3 aromatic rings. The number of carbonyl (C=O) groups is 2. The average molecular weight is 439 g/mol. The molecule has 1 heterocycles. The Morgan fingerprint density at radius 2 is 1.94 bits per heavy atom. The van der Waals surface area contributed by atoms with E-state index in [2.05, 4.69) is 20.6 Å². The predicted molar refractivity (Wildman–Crippen MR) is 120 cm³/mol. The van der Waals surface area contributed by atoms with Gasteiger partial charge in [-0.3, -0.25) is 4.79 Å². The van der Waals surface area contributed by atoms with Gasteiger partial charge in [0.25, 0.3) is 0 Å². The van der Waals surface area contributed by atoms with E-state index >= 15 is 0 Å². The first-order chi connectivity index (χ1) is 15.4. The van der Waals surface area contributed by atoms with Gasteiger partial charge in [0.2, 0.25) is 11.9 Å². The van der Waals surface area contributed by atoms with Crippen LogP contribution in [0.15, 0.2) is 36.4 Å². The summed E-state index contributed by atoms with van der Waals surface area (Å²) in [6, 6.07) is 9.63. The zero-order valence-corrected chi connectivity index (χ0v) is 18.3. The molecule has 168 valence electrons. The number of rotatable bonds is 6. The highest BCUT2D eigenvalue weighted by Gasteiger charge is 2.34. The number of aromatic amines is 1. The number of hydrogen-bond acceptors (Lipinski definition) is 5. The number of imidazole rings is 1. The van der Waals surface area contributed by atoms with Gasteiger partial charge in [0.1, 0.15) is 5.82 Å². The van der Waals surface area contributed by atoms with Gasteiger partial charge in [0.15, 0.2) is 0 Å². The van der Waals surface area contributed by atoms with Crippen LogP contribution in [0, 0.1) is 11.2 Å². The van der Waals surface area contributed by atoms with Crippen LogP contribution < -0.4 is 10.6 Å². The van der Waals surface area contributed by atoms with Gasteiger partial charge in [-0.1, -0.05) is 32.3 Å². The average Bonchev–Trinajstić information content (AvgIpc) is 3.20. The van der Waals surface area contributed by atoms with Crippen molar-refractivity contribution >= 4 is 34.5 Å². The van der Waals surface area contributed by atoms with Crippen LogP contribution in [-0.2, 0) is 16.1 Å². The fourth-order valence-electron chi connectivity index (χ4n) is 4.17. The first kappa shape index (κ1) is 21.8. The molecule has 4 rings (SSSR count). The number of methoxy groups -OCH3 is 1. The van der Waals surface area contributed by atoms with Crippen LogP contribution in [0.2, 0.25) is 0 Å². The molecule has 1 amide bonds. The van der Waals surface area contributed by atoms with E-state index in [1.165, 1.54) is 19.6 Å². The Morgan fingerprint density at radius 3 is 2.69 bits per heavy atom. The number of benzene rings is 2. The zero-order chi connectivity index (χ0) is 22.7. The molecule has 8 heteroatoms. The number of aromatic nitrogens is 2. The summed E-state index contributed by atoms with van der Waals surface area (Å²) in [5.74, 6) is -0.486. The summed E-state index contributed by atoms with van der Waals surface area (Å²) in [4.78, 5) is 31.8. The molecule has 2 aromatic carbocycles. The number of anilines is 2. The Labute approximate surface area is 185 Å². The van der Waals surface area contributed by atoms with Gasteiger partial charge in [-0.25, -0.2) is 14.2 Å². The molecule has 0 unspecified atom stereocenters. The maximum Gasteiger partial charge on any atom is 0.337 e. The number of H-pyrrole nitrogens is 1. The Balaban J connectivity index is 1.47. The lowest BCUT2D eigenvalue weighted by atomic mass is 9.75. The molecule has 1 aliphatic carbocycles. The highest BCUT2D eigenvalue weighted by molar-refractivity contribution is 5.94. The third-order valence-corrected chi connectivity index (χ3v) is 6.15. The lowest BCUT2D eigenvalue weighted by Gasteiger charge is -2.32. The van der Waals surface area contributed by atoms with E-state index in [0.29, 0.717) is 29.1 Å². The van der Waals surface area contributed by atoms with E-state index in [1.54, 1.807) is 30.3 Å². The topological polar surface area (TPSA) is 96.1 Å². The minimum absolute atomic E-state index is 0.0507. The molecule has 1 aromatic heterocycles. The SMILES string of the molecule is COC(=O)c1ccc2nc(Nc3cc(CNC(=O)C4(C)CCCCC4)ccc3F)[nH]c2c1. The van der Waals surface area contributed by atoms with Crippen molar-refractivity contribution in [3.05, 3.63) is 53.3 Å². The molecule has 0 bridgehead atoms. The molecule has 0 atom stereocenters. The Kier molecular flexibility index (Phi) is 6.12. The fraction of sp³-hybridized carbons (Fsp3) is 0.375. The largest absolute Gasteiger partial charge is 0.465 e. The van der Waals surface area contributed by atoms with E-state index in [9.17, 15) is 14.0 Å². The normalized spacial score (nSPS) is 15.3. The lowest BCUT2D eigenvalue weighted by molar-refractivity contribution is -0.132. The third kappa shape index (κ3) is 4.59. The Bertz CT molecular complexity index is 1150. The molecule has 7 nitrogen and oxygen atoms in total. The van der Waals surface area contributed by atoms with Crippen molar-refractivity contribution in [3.63, 3.8) is 0 Å². The van der Waals surface area contributed by atoms with Crippen LogP contribution in [0.3, 0.4) is 0 Å². The van der Waals surface area contributed by atoms with E-state index in [1.807, 2.05) is 6.92 Å². The second-order valence-electron chi connectivity index (χ2n) is 8.55. The second-order valence-corrected chi connectivity index (χ2v) is 8.55. The number of ether oxygens (including phenoxy) is 1. The van der Waals surface area contributed by atoms with Crippen molar-refractivity contribution in [1.82, 2.24) is 15.3 Å². The molecule has 0 spiro atoms. The van der Waals surface area contributed by atoms with Gasteiger partial charge >= 0.3 is 5.97 Å². The summed E-state index contributed by atoms with van der Waals surface area (Å²) >= 11 is 0. The Hall–Kier alpha value is -3.42. The number of esters is 1. The molecule has 0 saturated heterocycles. The highest BCUT2D eigenvalue weighted by atomic mass is 19.1. The highest BCUT2D eigenvalue weighted by Crippen LogP contribution is 2.36. The van der Waals surface area contributed by atoms with E-state index in [0.717, 1.165) is 31.2 Å². The minimum Gasteiger partial charge on any atom is -0.465 e. The van der Waals surface area contributed by atoms with Crippen molar-refractivity contribution in [2.24, 2.45) is 5.41 Å². The Morgan fingerprint density at radius 1 is 1.16 bits per heavy atom. The molecule has 0 radical (unpaired) electrons. The number of carbonyl (C=O) groups excluding carboxylic acids is 2. The molecule has 1 saturated carbocycles. The first-order valence-electron chi connectivity index (χ1n) is 10.8. The number of amides is 1. The van der Waals surface area contributed by atoms with E-state index < -0.39 is 11.8 Å². The van der Waals surface area contributed by atoms with Crippen molar-refractivity contribution < 1.29 is 18.7 Å². The molecular weight excluding hydrogens is 411 g/mol. The number of nitrogens with zero attached hydrogens (tertiary/aromatic N) is 1. The molecule has 1 aliphatic rings. The quantitative estimate of drug-likeness (QED) is 0.480. The van der Waals surface area contributed by atoms with Gasteiger partial charge in [0, 0.05) is 12.0 Å². The van der Waals surface area contributed by atoms with E-state index in [-0.39, 0.29) is 17.0 Å². The fourth-order valence-corrected chi connectivity index (χ4v) is 4.17. The first-order valence-corrected chi connectivity index (χ1v) is 10.8. The predicted octanol–water partition coefficient (Wildman–Crippen LogP) is 4.82. The third-order valence-electron chi connectivity index (χ3n) is 6.15. The van der Waals surface area contributed by atoms with Crippen LogP contribution in [0.4, 0.5) is 16.0 Å². The summed E-state index contributed by atoms with van der Waals surface area (Å²) < 4.78 is 19.2. The van der Waals surface area contributed by atoms with Crippen molar-refractivity contribution in [3.8, 4) is 0 Å². The summed E-state index contributed by atoms with van der Waals surface area (Å²) in [6.45, 7) is 2.35. The van der Waals surface area contributed by atoms with Crippen LogP contribution >= 0.6 is 0 Å². The van der Waals surface area contributed by atoms with Crippen LogP contribution in [0.5, 0.6) is 0 Å². The van der Waals surface area contributed by atoms with Crippen molar-refractivity contribution in [1.29, 1.82) is 0 Å². The molecule has 32 heavy (non-hydrogen) atoms. The number of halogens is 1. The van der Waals surface area contributed by atoms with Crippen LogP contribution in [0.25, 0.3) is 11.0 Å². The second kappa shape index (κ2) is 8.98. The van der Waals surface area contributed by atoms with Gasteiger partial charge in [-0.05, 0) is 48.7 Å². The summed E-state index contributed by atoms with van der Waals surface area (Å²) in [5.41, 5.74) is 2.35. The van der Waals surface area contributed by atoms with Crippen molar-refractivity contribution in [2.75, 3.05) is 12.4 Å². The maximum atomic E-state index is 14.4. The molecular formula is C24H27FN4O3. The maximum absolute atomic E-state index is 14.4.